The summed E-state index contributed by atoms with van der Waals surface area (Å²) in [6.45, 7) is 5.68. The van der Waals surface area contributed by atoms with E-state index in [9.17, 15) is 28.8 Å². The number of amides is 6. The van der Waals surface area contributed by atoms with E-state index in [1.165, 1.54) is 28.8 Å². The SMILES string of the molecule is CCCSC1CC(=O)N(CCC(=O)NCCCOCCOCCOCCCNC(=O)CCN2C(=O)C=CC2=O)C1=O. The highest BCUT2D eigenvalue weighted by Crippen LogP contribution is 2.25. The van der Waals surface area contributed by atoms with Crippen molar-refractivity contribution in [3.05, 3.63) is 12.2 Å². The summed E-state index contributed by atoms with van der Waals surface area (Å²) in [4.78, 5) is 73.3. The second-order valence-corrected chi connectivity index (χ2v) is 10.7. The van der Waals surface area contributed by atoms with Crippen LogP contribution in [0.1, 0.15) is 45.4 Å². The summed E-state index contributed by atoms with van der Waals surface area (Å²) in [7, 11) is 0. The van der Waals surface area contributed by atoms with Crippen molar-refractivity contribution >= 4 is 47.2 Å². The molecule has 2 N–H and O–H groups in total. The van der Waals surface area contributed by atoms with Gasteiger partial charge in [-0.3, -0.25) is 38.6 Å². The summed E-state index contributed by atoms with van der Waals surface area (Å²) in [5.41, 5.74) is 0. The fourth-order valence-corrected chi connectivity index (χ4v) is 4.93. The molecule has 2 aliphatic heterocycles. The Hall–Kier alpha value is -2.81. The van der Waals surface area contributed by atoms with Crippen LogP contribution in [0.5, 0.6) is 0 Å². The standard InChI is InChI=1S/C27H42N4O9S/c1-2-19-41-21-20-26(36)31(27(21)37)12-8-23(33)29-10-4-14-39-16-18-40-17-15-38-13-3-9-28-22(32)7-11-30-24(34)5-6-25(30)35/h5-6,21H,2-4,7-20H2,1H3,(H,28,32)(H,29,33). The van der Waals surface area contributed by atoms with E-state index >= 15 is 0 Å². The lowest BCUT2D eigenvalue weighted by atomic mass is 10.3. The van der Waals surface area contributed by atoms with E-state index in [-0.39, 0.29) is 61.2 Å². The lowest BCUT2D eigenvalue weighted by Gasteiger charge is -2.14. The number of imide groups is 2. The molecule has 0 bridgehead atoms. The van der Waals surface area contributed by atoms with E-state index in [1.54, 1.807) is 0 Å². The third-order valence-corrected chi connectivity index (χ3v) is 7.49. The normalized spacial score (nSPS) is 16.8. The average molecular weight is 599 g/mol. The molecule has 0 spiro atoms. The van der Waals surface area contributed by atoms with E-state index in [2.05, 4.69) is 10.6 Å². The van der Waals surface area contributed by atoms with Crippen LogP contribution < -0.4 is 10.6 Å². The Morgan fingerprint density at radius 3 is 1.80 bits per heavy atom. The van der Waals surface area contributed by atoms with Crippen molar-refractivity contribution in [1.82, 2.24) is 20.4 Å². The molecule has 0 radical (unpaired) electrons. The van der Waals surface area contributed by atoms with Gasteiger partial charge >= 0.3 is 0 Å². The van der Waals surface area contributed by atoms with Crippen LogP contribution in [0.3, 0.4) is 0 Å². The number of ether oxygens (including phenoxy) is 3. The first-order valence-electron chi connectivity index (χ1n) is 14.1. The Morgan fingerprint density at radius 1 is 0.805 bits per heavy atom. The number of rotatable bonds is 23. The molecule has 1 unspecified atom stereocenters. The first kappa shape index (κ1) is 34.4. The van der Waals surface area contributed by atoms with Crippen LogP contribution in [0.2, 0.25) is 0 Å². The number of likely N-dealkylation sites (tertiary alicyclic amines) is 1. The van der Waals surface area contributed by atoms with Crippen molar-refractivity contribution in [3.63, 3.8) is 0 Å². The van der Waals surface area contributed by atoms with Gasteiger partial charge in [0.2, 0.25) is 23.6 Å². The van der Waals surface area contributed by atoms with Crippen molar-refractivity contribution < 1.29 is 43.0 Å². The Balaban J connectivity index is 1.31. The summed E-state index contributed by atoms with van der Waals surface area (Å²) < 4.78 is 16.4. The van der Waals surface area contributed by atoms with Crippen molar-refractivity contribution in [2.24, 2.45) is 0 Å². The first-order valence-corrected chi connectivity index (χ1v) is 15.1. The van der Waals surface area contributed by atoms with Gasteiger partial charge in [0.15, 0.2) is 0 Å². The topological polar surface area (TPSA) is 161 Å². The summed E-state index contributed by atoms with van der Waals surface area (Å²) in [5.74, 6) is -0.783. The quantitative estimate of drug-likeness (QED) is 0.121. The predicted molar refractivity (Wildman–Crippen MR) is 151 cm³/mol. The number of nitrogens with zero attached hydrogens (tertiary/aromatic N) is 2. The van der Waals surface area contributed by atoms with Gasteiger partial charge in [0.25, 0.3) is 11.8 Å². The highest BCUT2D eigenvalue weighted by molar-refractivity contribution is 8.00. The zero-order valence-corrected chi connectivity index (χ0v) is 24.5. The molecule has 1 fully saturated rings. The van der Waals surface area contributed by atoms with Gasteiger partial charge in [0, 0.05) is 70.8 Å². The third kappa shape index (κ3) is 13.6. The smallest absolute Gasteiger partial charge is 0.253 e. The maximum Gasteiger partial charge on any atom is 0.253 e. The van der Waals surface area contributed by atoms with Crippen LogP contribution in [0.15, 0.2) is 12.2 Å². The molecule has 2 rings (SSSR count). The molecule has 13 nitrogen and oxygen atoms in total. The molecule has 0 saturated carbocycles. The van der Waals surface area contributed by atoms with Crippen LogP contribution in [0.4, 0.5) is 0 Å². The first-order chi connectivity index (χ1) is 19.8. The summed E-state index contributed by atoms with van der Waals surface area (Å²) in [6.07, 6.45) is 4.96. The molecule has 2 aliphatic rings. The Morgan fingerprint density at radius 2 is 1.29 bits per heavy atom. The van der Waals surface area contributed by atoms with Crippen LogP contribution in [-0.4, -0.2) is 122 Å². The Kier molecular flexibility index (Phi) is 16.9. The van der Waals surface area contributed by atoms with Gasteiger partial charge < -0.3 is 24.8 Å². The number of hydrogen-bond acceptors (Lipinski definition) is 10. The second kappa shape index (κ2) is 20.1. The fourth-order valence-electron chi connectivity index (χ4n) is 3.88. The average Bonchev–Trinajstić information content (AvgIpc) is 3.42. The van der Waals surface area contributed by atoms with Gasteiger partial charge in [-0.25, -0.2) is 0 Å². The van der Waals surface area contributed by atoms with Gasteiger partial charge in [-0.15, -0.1) is 11.8 Å². The molecule has 41 heavy (non-hydrogen) atoms. The molecule has 0 aromatic rings. The highest BCUT2D eigenvalue weighted by atomic mass is 32.2. The monoisotopic (exact) mass is 598 g/mol. The van der Waals surface area contributed by atoms with E-state index in [0.717, 1.165) is 17.1 Å². The van der Waals surface area contributed by atoms with E-state index < -0.39 is 11.8 Å². The van der Waals surface area contributed by atoms with Gasteiger partial charge in [-0.2, -0.15) is 0 Å². The van der Waals surface area contributed by atoms with Crippen LogP contribution >= 0.6 is 11.8 Å². The van der Waals surface area contributed by atoms with Crippen molar-refractivity contribution in [1.29, 1.82) is 0 Å². The maximum absolute atomic E-state index is 12.3. The summed E-state index contributed by atoms with van der Waals surface area (Å²) >= 11 is 1.50. The molecule has 0 aliphatic carbocycles. The Bertz CT molecular complexity index is 912. The lowest BCUT2D eigenvalue weighted by molar-refractivity contribution is -0.140. The third-order valence-electron chi connectivity index (χ3n) is 6.07. The lowest BCUT2D eigenvalue weighted by Crippen LogP contribution is -2.35. The van der Waals surface area contributed by atoms with Crippen LogP contribution in [-0.2, 0) is 43.0 Å². The van der Waals surface area contributed by atoms with Crippen molar-refractivity contribution in [2.45, 2.75) is 50.7 Å². The van der Waals surface area contributed by atoms with E-state index in [4.69, 9.17) is 14.2 Å². The zero-order chi connectivity index (χ0) is 29.9. The number of hydrogen-bond donors (Lipinski definition) is 2. The van der Waals surface area contributed by atoms with E-state index in [0.29, 0.717) is 65.6 Å². The van der Waals surface area contributed by atoms with Gasteiger partial charge in [0.05, 0.1) is 31.7 Å². The largest absolute Gasteiger partial charge is 0.379 e. The summed E-state index contributed by atoms with van der Waals surface area (Å²) in [5, 5.41) is 5.18. The molecule has 1 atom stereocenters. The predicted octanol–water partition coefficient (Wildman–Crippen LogP) is 0.0247. The molecule has 230 valence electrons. The number of thioether (sulfide) groups is 1. The zero-order valence-electron chi connectivity index (χ0n) is 23.7. The molecule has 2 heterocycles. The second-order valence-electron chi connectivity index (χ2n) is 9.35. The summed E-state index contributed by atoms with van der Waals surface area (Å²) in [6, 6.07) is 0. The minimum absolute atomic E-state index is 0.0643. The van der Waals surface area contributed by atoms with Crippen molar-refractivity contribution in [3.8, 4) is 0 Å². The number of carbonyl (C=O) groups excluding carboxylic acids is 6. The Labute approximate surface area is 245 Å². The van der Waals surface area contributed by atoms with Crippen LogP contribution in [0, 0.1) is 0 Å². The minimum Gasteiger partial charge on any atom is -0.379 e. The van der Waals surface area contributed by atoms with Gasteiger partial charge in [-0.1, -0.05) is 6.92 Å². The fraction of sp³-hybridized carbons (Fsp3) is 0.704. The molecular formula is C27H42N4O9S. The minimum atomic E-state index is -0.397. The molecular weight excluding hydrogens is 556 g/mol. The van der Waals surface area contributed by atoms with Crippen LogP contribution in [0.25, 0.3) is 0 Å². The van der Waals surface area contributed by atoms with Gasteiger partial charge in [0.1, 0.15) is 0 Å². The highest BCUT2D eigenvalue weighted by Gasteiger charge is 2.38. The van der Waals surface area contributed by atoms with Gasteiger partial charge in [-0.05, 0) is 25.0 Å². The van der Waals surface area contributed by atoms with Crippen molar-refractivity contribution in [2.75, 3.05) is 71.6 Å². The van der Waals surface area contributed by atoms with E-state index in [1.807, 2.05) is 6.92 Å². The molecule has 0 aromatic carbocycles. The molecule has 6 amide bonds. The molecule has 14 heteroatoms. The maximum atomic E-state index is 12.3. The number of carbonyl (C=O) groups is 6. The molecule has 0 aromatic heterocycles. The number of nitrogens with one attached hydrogen (secondary N) is 2. The molecule has 1 saturated heterocycles.